The summed E-state index contributed by atoms with van der Waals surface area (Å²) in [5.74, 6) is 2.08. The van der Waals surface area contributed by atoms with Crippen LogP contribution in [0.15, 0.2) is 34.5 Å². The lowest BCUT2D eigenvalue weighted by molar-refractivity contribution is -0.00699. The Balaban J connectivity index is 1.30. The first kappa shape index (κ1) is 17.2. The summed E-state index contributed by atoms with van der Waals surface area (Å²) in [5, 5.41) is 2.85. The molecule has 0 saturated heterocycles. The third kappa shape index (κ3) is 2.32. The van der Waals surface area contributed by atoms with Gasteiger partial charge in [0.15, 0.2) is 0 Å². The highest BCUT2D eigenvalue weighted by Gasteiger charge is 2.52. The topological polar surface area (TPSA) is 67.3 Å². The Morgan fingerprint density at radius 1 is 1.07 bits per heavy atom. The minimum absolute atomic E-state index is 0.0346. The molecule has 4 fully saturated rings. The van der Waals surface area contributed by atoms with E-state index in [9.17, 15) is 13.2 Å². The Bertz CT molecular complexity index is 1050. The van der Waals surface area contributed by atoms with Gasteiger partial charge in [0.2, 0.25) is 0 Å². The largest absolute Gasteiger partial charge is 0.269 e. The van der Waals surface area contributed by atoms with Gasteiger partial charge in [0.05, 0.1) is 17.8 Å². The molecule has 146 valence electrons. The number of rotatable bonds is 3. The second-order valence-electron chi connectivity index (χ2n) is 9.14. The van der Waals surface area contributed by atoms with E-state index in [2.05, 4.69) is 5.38 Å². The average Bonchev–Trinajstić information content (AvgIpc) is 3.20. The van der Waals surface area contributed by atoms with Crippen LogP contribution in [0.3, 0.4) is 0 Å². The average molecular weight is 415 g/mol. The van der Waals surface area contributed by atoms with Crippen molar-refractivity contribution in [2.75, 3.05) is 0 Å². The summed E-state index contributed by atoms with van der Waals surface area (Å²) in [6.07, 6.45) is 7.84. The molecule has 5 nitrogen and oxygen atoms in total. The summed E-state index contributed by atoms with van der Waals surface area (Å²) >= 11 is 1.50. The molecule has 7 rings (SSSR count). The Labute approximate surface area is 168 Å². The second-order valence-corrected chi connectivity index (χ2v) is 11.9. The zero-order valence-corrected chi connectivity index (χ0v) is 17.1. The maximum absolute atomic E-state index is 12.8. The molecule has 0 unspecified atom stereocenters. The number of thiazole rings is 1. The highest BCUT2D eigenvalue weighted by Crippen LogP contribution is 2.60. The molecule has 0 N–H and O–H groups in total. The van der Waals surface area contributed by atoms with Crippen molar-refractivity contribution in [1.82, 2.24) is 9.29 Å². The molecule has 5 aliphatic rings. The molecule has 1 amide bonds. The predicted molar refractivity (Wildman–Crippen MR) is 105 cm³/mol. The predicted octanol–water partition coefficient (Wildman–Crippen LogP) is 3.96. The second kappa shape index (κ2) is 5.66. The summed E-state index contributed by atoms with van der Waals surface area (Å²) in [6.45, 7) is 0.0346. The van der Waals surface area contributed by atoms with Crippen molar-refractivity contribution < 1.29 is 13.2 Å². The minimum Gasteiger partial charge on any atom is -0.268 e. The molecule has 2 aromatic rings. The molecule has 1 aromatic carbocycles. The number of sulfonamides is 1. The molecule has 4 aliphatic carbocycles. The van der Waals surface area contributed by atoms with E-state index in [0.29, 0.717) is 0 Å². The van der Waals surface area contributed by atoms with Gasteiger partial charge in [-0.3, -0.25) is 4.79 Å². The van der Waals surface area contributed by atoms with Crippen LogP contribution in [0.5, 0.6) is 0 Å². The van der Waals surface area contributed by atoms with E-state index in [1.165, 1.54) is 55.9 Å². The Hall–Kier alpha value is -1.73. The van der Waals surface area contributed by atoms with Crippen molar-refractivity contribution in [2.45, 2.75) is 55.4 Å². The van der Waals surface area contributed by atoms with E-state index in [-0.39, 0.29) is 22.4 Å². The molecule has 1 aromatic heterocycles. The van der Waals surface area contributed by atoms with Crippen LogP contribution in [0.25, 0.3) is 0 Å². The van der Waals surface area contributed by atoms with Crippen molar-refractivity contribution in [3.05, 3.63) is 45.9 Å². The van der Waals surface area contributed by atoms with Crippen LogP contribution in [-0.4, -0.2) is 23.6 Å². The molecule has 7 heteroatoms. The fraction of sp³-hybridized carbons (Fsp3) is 0.524. The number of aromatic nitrogens is 1. The fourth-order valence-electron chi connectivity index (χ4n) is 6.56. The molecular weight excluding hydrogens is 392 g/mol. The van der Waals surface area contributed by atoms with E-state index in [0.717, 1.165) is 32.8 Å². The van der Waals surface area contributed by atoms with Gasteiger partial charge in [-0.2, -0.15) is 0 Å². The quantitative estimate of drug-likeness (QED) is 0.763. The van der Waals surface area contributed by atoms with Gasteiger partial charge in [0.1, 0.15) is 9.90 Å². The maximum atomic E-state index is 12.8. The lowest BCUT2D eigenvalue weighted by Gasteiger charge is -2.56. The molecule has 2 heterocycles. The van der Waals surface area contributed by atoms with E-state index in [1.807, 2.05) is 0 Å². The zero-order chi connectivity index (χ0) is 19.1. The van der Waals surface area contributed by atoms with Crippen LogP contribution < -0.4 is 0 Å². The number of carbonyl (C=O) groups is 1. The smallest absolute Gasteiger partial charge is 0.268 e. The molecule has 1 aliphatic heterocycles. The normalized spacial score (nSPS) is 34.8. The number of fused-ring (bicyclic) bond motifs is 1. The van der Waals surface area contributed by atoms with Gasteiger partial charge in [-0.1, -0.05) is 12.1 Å². The van der Waals surface area contributed by atoms with Gasteiger partial charge in [0.25, 0.3) is 15.9 Å². The molecule has 0 spiro atoms. The minimum atomic E-state index is -3.78. The summed E-state index contributed by atoms with van der Waals surface area (Å²) in [4.78, 5) is 17.7. The molecule has 28 heavy (non-hydrogen) atoms. The number of hydrogen-bond donors (Lipinski definition) is 0. The van der Waals surface area contributed by atoms with Gasteiger partial charge in [0, 0.05) is 10.8 Å². The number of amides is 1. The Kier molecular flexibility index (Phi) is 3.47. The molecule has 4 bridgehead atoms. The highest BCUT2D eigenvalue weighted by atomic mass is 32.2. The summed E-state index contributed by atoms with van der Waals surface area (Å²) in [5.41, 5.74) is 1.61. The van der Waals surface area contributed by atoms with Gasteiger partial charge in [-0.05, 0) is 68.4 Å². The van der Waals surface area contributed by atoms with Crippen LogP contribution >= 0.6 is 11.3 Å². The first-order chi connectivity index (χ1) is 13.4. The van der Waals surface area contributed by atoms with Crippen LogP contribution in [0.2, 0.25) is 0 Å². The first-order valence-corrected chi connectivity index (χ1v) is 12.4. The van der Waals surface area contributed by atoms with E-state index in [1.54, 1.807) is 18.2 Å². The molecule has 4 saturated carbocycles. The van der Waals surface area contributed by atoms with Gasteiger partial charge < -0.3 is 0 Å². The van der Waals surface area contributed by atoms with E-state index in [4.69, 9.17) is 4.98 Å². The van der Waals surface area contributed by atoms with Crippen LogP contribution in [0.1, 0.15) is 59.6 Å². The molecule has 0 atom stereocenters. The first-order valence-electron chi connectivity index (χ1n) is 10.1. The van der Waals surface area contributed by atoms with Gasteiger partial charge in [-0.15, -0.1) is 11.3 Å². The number of nitrogens with zero attached hydrogens (tertiary/aromatic N) is 2. The number of benzene rings is 1. The van der Waals surface area contributed by atoms with Crippen LogP contribution in [-0.2, 0) is 22.0 Å². The lowest BCUT2D eigenvalue weighted by atomic mass is 9.49. The Morgan fingerprint density at radius 3 is 2.36 bits per heavy atom. The van der Waals surface area contributed by atoms with Gasteiger partial charge in [-0.25, -0.2) is 17.7 Å². The fourth-order valence-corrected chi connectivity index (χ4v) is 9.08. The molecule has 0 radical (unpaired) electrons. The van der Waals surface area contributed by atoms with E-state index < -0.39 is 15.9 Å². The standard InChI is InChI=1S/C21H22N2O3S2/c24-20-16-3-1-2-4-17(16)28(25,26)23(20)11-19-22-18(12-27-19)21-8-13-5-14(9-21)7-15(6-13)10-21/h1-4,12-15H,5-11H2. The summed E-state index contributed by atoms with van der Waals surface area (Å²) < 4.78 is 26.6. The number of hydrogen-bond acceptors (Lipinski definition) is 5. The SMILES string of the molecule is O=C1c2ccccc2S(=O)(=O)N1Cc1nc(C23CC4CC(CC(C4)C2)C3)cs1. The molecular formula is C21H22N2O3S2. The Morgan fingerprint density at radius 2 is 1.71 bits per heavy atom. The summed E-state index contributed by atoms with van der Waals surface area (Å²) in [7, 11) is -3.78. The zero-order valence-electron chi connectivity index (χ0n) is 15.5. The van der Waals surface area contributed by atoms with Crippen LogP contribution in [0.4, 0.5) is 0 Å². The van der Waals surface area contributed by atoms with Crippen molar-refractivity contribution >= 4 is 27.3 Å². The van der Waals surface area contributed by atoms with E-state index >= 15 is 0 Å². The third-order valence-corrected chi connectivity index (χ3v) is 9.94. The van der Waals surface area contributed by atoms with Crippen molar-refractivity contribution in [2.24, 2.45) is 17.8 Å². The maximum Gasteiger partial charge on any atom is 0.269 e. The van der Waals surface area contributed by atoms with Crippen molar-refractivity contribution in [1.29, 1.82) is 0 Å². The lowest BCUT2D eigenvalue weighted by Crippen LogP contribution is -2.48. The summed E-state index contributed by atoms with van der Waals surface area (Å²) in [6, 6.07) is 6.44. The number of carbonyl (C=O) groups excluding carboxylic acids is 1. The monoisotopic (exact) mass is 414 g/mol. The van der Waals surface area contributed by atoms with Crippen LogP contribution in [0, 0.1) is 17.8 Å². The van der Waals surface area contributed by atoms with Gasteiger partial charge >= 0.3 is 0 Å². The third-order valence-electron chi connectivity index (χ3n) is 7.32. The van der Waals surface area contributed by atoms with Crippen molar-refractivity contribution in [3.63, 3.8) is 0 Å². The highest BCUT2D eigenvalue weighted by molar-refractivity contribution is 7.90. The van der Waals surface area contributed by atoms with Crippen molar-refractivity contribution in [3.8, 4) is 0 Å².